The van der Waals surface area contributed by atoms with Crippen LogP contribution in [0.4, 0.5) is 13.2 Å². The van der Waals surface area contributed by atoms with Crippen LogP contribution in [0.3, 0.4) is 0 Å². The maximum atomic E-state index is 12.9. The Balaban J connectivity index is 1.87. The Kier molecular flexibility index (Phi) is 7.98. The van der Waals surface area contributed by atoms with Crippen LogP contribution in [0.1, 0.15) is 51.9 Å². The highest BCUT2D eigenvalue weighted by molar-refractivity contribution is 5.34. The minimum Gasteiger partial charge on any atom is -0.390 e. The van der Waals surface area contributed by atoms with Gasteiger partial charge in [-0.25, -0.2) is 0 Å². The van der Waals surface area contributed by atoms with Crippen LogP contribution >= 0.6 is 0 Å². The fraction of sp³-hybridized carbons (Fsp3) is 0.286. The summed E-state index contributed by atoms with van der Waals surface area (Å²) in [5.74, 6) is 0. The van der Waals surface area contributed by atoms with Gasteiger partial charge in [0.2, 0.25) is 0 Å². The van der Waals surface area contributed by atoms with E-state index >= 15 is 0 Å². The summed E-state index contributed by atoms with van der Waals surface area (Å²) in [5.41, 5.74) is 5.78. The van der Waals surface area contributed by atoms with Gasteiger partial charge in [0.1, 0.15) is 0 Å². The van der Waals surface area contributed by atoms with Crippen molar-refractivity contribution in [3.8, 4) is 0 Å². The molecular weight excluding hydrogens is 421 g/mol. The lowest BCUT2D eigenvalue weighted by Gasteiger charge is -2.28. The van der Waals surface area contributed by atoms with E-state index in [2.05, 4.69) is 61.4 Å². The van der Waals surface area contributed by atoms with Crippen molar-refractivity contribution in [3.63, 3.8) is 0 Å². The summed E-state index contributed by atoms with van der Waals surface area (Å²) >= 11 is 0. The molecule has 33 heavy (non-hydrogen) atoms. The zero-order chi connectivity index (χ0) is 24.0. The summed E-state index contributed by atoms with van der Waals surface area (Å²) in [7, 11) is 1.85. The number of rotatable bonds is 9. The van der Waals surface area contributed by atoms with Gasteiger partial charge in [0.25, 0.3) is 0 Å². The van der Waals surface area contributed by atoms with E-state index in [9.17, 15) is 13.2 Å². The molecule has 2 N–H and O–H groups in total. The van der Waals surface area contributed by atoms with E-state index in [1.165, 1.54) is 11.1 Å². The third-order valence-electron chi connectivity index (χ3n) is 6.11. The van der Waals surface area contributed by atoms with Crippen LogP contribution in [0.25, 0.3) is 0 Å². The van der Waals surface area contributed by atoms with Crippen molar-refractivity contribution in [3.05, 3.63) is 118 Å². The van der Waals surface area contributed by atoms with Crippen LogP contribution in [0, 0.1) is 13.8 Å². The number of hydrogen-bond donors (Lipinski definition) is 2. The lowest BCUT2D eigenvalue weighted by molar-refractivity contribution is -0.137. The molecule has 3 aromatic carbocycles. The summed E-state index contributed by atoms with van der Waals surface area (Å²) in [6, 6.07) is 21.9. The second-order valence-corrected chi connectivity index (χ2v) is 8.42. The quantitative estimate of drug-likeness (QED) is 0.363. The molecule has 0 heterocycles. The van der Waals surface area contributed by atoms with Crippen molar-refractivity contribution in [2.75, 3.05) is 7.05 Å². The van der Waals surface area contributed by atoms with Crippen LogP contribution < -0.4 is 10.6 Å². The van der Waals surface area contributed by atoms with E-state index in [1.807, 2.05) is 25.2 Å². The smallest absolute Gasteiger partial charge is 0.390 e. The first-order valence-corrected chi connectivity index (χ1v) is 11.1. The fourth-order valence-corrected chi connectivity index (χ4v) is 3.89. The number of aryl methyl sites for hydroxylation is 3. The third kappa shape index (κ3) is 6.48. The van der Waals surface area contributed by atoms with Gasteiger partial charge >= 0.3 is 6.18 Å². The molecule has 0 aliphatic rings. The van der Waals surface area contributed by atoms with Crippen molar-refractivity contribution in [1.82, 2.24) is 10.6 Å². The normalized spacial score (nSPS) is 13.4. The van der Waals surface area contributed by atoms with Gasteiger partial charge in [-0.2, -0.15) is 13.2 Å². The molecule has 5 heteroatoms. The van der Waals surface area contributed by atoms with Gasteiger partial charge in [-0.05, 0) is 66.6 Å². The molecule has 0 amide bonds. The average molecular weight is 453 g/mol. The fourth-order valence-electron chi connectivity index (χ4n) is 3.89. The number of alkyl halides is 3. The second-order valence-electron chi connectivity index (χ2n) is 8.42. The van der Waals surface area contributed by atoms with E-state index in [0.29, 0.717) is 6.42 Å². The molecule has 0 saturated heterocycles. The Hall–Kier alpha value is -3.05. The van der Waals surface area contributed by atoms with Crippen molar-refractivity contribution >= 4 is 0 Å². The molecule has 0 aliphatic heterocycles. The molecule has 0 aliphatic carbocycles. The lowest BCUT2D eigenvalue weighted by Crippen LogP contribution is -2.31. The van der Waals surface area contributed by atoms with Gasteiger partial charge < -0.3 is 5.32 Å². The topological polar surface area (TPSA) is 24.1 Å². The number of likely N-dealkylation sites (N-methyl/N-ethyl adjacent to an activating group) is 1. The molecular formula is C28H31F3N2. The molecule has 3 aromatic rings. The SMILES string of the molecule is C=C(NC)[C@H](N[C@H](CCc1ccc(C(F)(F)F)cc1)c1ccc(C)c(C)c1)c1ccccc1. The summed E-state index contributed by atoms with van der Waals surface area (Å²) < 4.78 is 38.7. The molecule has 0 saturated carbocycles. The number of hydrogen-bond acceptors (Lipinski definition) is 2. The van der Waals surface area contributed by atoms with E-state index in [0.717, 1.165) is 40.9 Å². The second kappa shape index (κ2) is 10.7. The standard InChI is InChI=1S/C28H31F3N2/c1-19-10-14-24(18-20(19)2)26(17-13-22-11-15-25(16-12-22)28(29,30)31)33-27(21(3)32-4)23-8-6-5-7-9-23/h5-12,14-16,18,26-27,32-33H,3,13,17H2,1-2,4H3/t26-,27+/m1/s1. The Morgan fingerprint density at radius 2 is 1.55 bits per heavy atom. The molecule has 0 unspecified atom stereocenters. The maximum absolute atomic E-state index is 12.9. The van der Waals surface area contributed by atoms with E-state index in [1.54, 1.807) is 12.1 Å². The Morgan fingerprint density at radius 1 is 0.879 bits per heavy atom. The predicted molar refractivity (Wildman–Crippen MR) is 129 cm³/mol. The first-order chi connectivity index (χ1) is 15.7. The Morgan fingerprint density at radius 3 is 2.12 bits per heavy atom. The minimum absolute atomic E-state index is 0.0121. The summed E-state index contributed by atoms with van der Waals surface area (Å²) in [6.45, 7) is 8.37. The highest BCUT2D eigenvalue weighted by Crippen LogP contribution is 2.31. The molecule has 0 bridgehead atoms. The van der Waals surface area contributed by atoms with Gasteiger partial charge in [0.15, 0.2) is 0 Å². The first-order valence-electron chi connectivity index (χ1n) is 11.1. The van der Waals surface area contributed by atoms with Gasteiger partial charge in [-0.15, -0.1) is 0 Å². The van der Waals surface area contributed by atoms with Crippen molar-refractivity contribution in [1.29, 1.82) is 0 Å². The molecule has 2 atom stereocenters. The highest BCUT2D eigenvalue weighted by Gasteiger charge is 2.30. The number of nitrogens with one attached hydrogen (secondary N) is 2. The first kappa shape index (κ1) is 24.6. The largest absolute Gasteiger partial charge is 0.416 e. The van der Waals surface area contributed by atoms with Crippen LogP contribution in [0.5, 0.6) is 0 Å². The summed E-state index contributed by atoms with van der Waals surface area (Å²) in [4.78, 5) is 0. The molecule has 2 nitrogen and oxygen atoms in total. The van der Waals surface area contributed by atoms with Crippen molar-refractivity contribution < 1.29 is 13.2 Å². The average Bonchev–Trinajstić information content (AvgIpc) is 2.81. The third-order valence-corrected chi connectivity index (χ3v) is 6.11. The van der Waals surface area contributed by atoms with E-state index in [-0.39, 0.29) is 12.1 Å². The van der Waals surface area contributed by atoms with Gasteiger partial charge in [0.05, 0.1) is 11.6 Å². The van der Waals surface area contributed by atoms with Gasteiger partial charge in [-0.3, -0.25) is 5.32 Å². The van der Waals surface area contributed by atoms with Crippen molar-refractivity contribution in [2.24, 2.45) is 0 Å². The van der Waals surface area contributed by atoms with Gasteiger partial charge in [0, 0.05) is 18.8 Å². The number of halogens is 3. The van der Waals surface area contributed by atoms with Crippen LogP contribution in [0.2, 0.25) is 0 Å². The van der Waals surface area contributed by atoms with E-state index < -0.39 is 11.7 Å². The molecule has 0 spiro atoms. The molecule has 0 fully saturated rings. The van der Waals surface area contributed by atoms with Crippen LogP contribution in [0.15, 0.2) is 85.1 Å². The maximum Gasteiger partial charge on any atom is 0.416 e. The Labute approximate surface area is 194 Å². The minimum atomic E-state index is -4.32. The van der Waals surface area contributed by atoms with Gasteiger partial charge in [-0.1, -0.05) is 67.2 Å². The zero-order valence-corrected chi connectivity index (χ0v) is 19.3. The lowest BCUT2D eigenvalue weighted by atomic mass is 9.93. The monoisotopic (exact) mass is 452 g/mol. The van der Waals surface area contributed by atoms with Crippen LogP contribution in [-0.4, -0.2) is 7.05 Å². The molecule has 174 valence electrons. The van der Waals surface area contributed by atoms with E-state index in [4.69, 9.17) is 0 Å². The zero-order valence-electron chi connectivity index (χ0n) is 19.3. The Bertz CT molecular complexity index is 1060. The summed E-state index contributed by atoms with van der Waals surface area (Å²) in [6.07, 6.45) is -2.94. The van der Waals surface area contributed by atoms with Crippen molar-refractivity contribution in [2.45, 2.75) is 44.9 Å². The summed E-state index contributed by atoms with van der Waals surface area (Å²) in [5, 5.41) is 6.92. The number of benzene rings is 3. The molecule has 3 rings (SSSR count). The highest BCUT2D eigenvalue weighted by atomic mass is 19.4. The predicted octanol–water partition coefficient (Wildman–Crippen LogP) is 7.06. The molecule has 0 aromatic heterocycles. The van der Waals surface area contributed by atoms with Crippen LogP contribution in [-0.2, 0) is 12.6 Å². The molecule has 0 radical (unpaired) electrons.